The summed E-state index contributed by atoms with van der Waals surface area (Å²) < 4.78 is 14.9. The number of carbonyl (C=O) groups is 1. The van der Waals surface area contributed by atoms with Crippen LogP contribution >= 0.6 is 0 Å². The quantitative estimate of drug-likeness (QED) is 0.516. The van der Waals surface area contributed by atoms with E-state index >= 15 is 0 Å². The van der Waals surface area contributed by atoms with Gasteiger partial charge in [-0.25, -0.2) is 9.07 Å². The molecule has 6 heteroatoms. The van der Waals surface area contributed by atoms with Gasteiger partial charge in [-0.15, -0.1) is 0 Å². The molecule has 0 atom stereocenters. The maximum Gasteiger partial charge on any atom is 0.266 e. The number of halogens is 1. The smallest absolute Gasteiger partial charge is 0.266 e. The van der Waals surface area contributed by atoms with Crippen LogP contribution in [0.25, 0.3) is 11.8 Å². The third kappa shape index (κ3) is 4.25. The van der Waals surface area contributed by atoms with Crippen LogP contribution in [-0.2, 0) is 4.79 Å². The van der Waals surface area contributed by atoms with Gasteiger partial charge in [0.2, 0.25) is 0 Å². The minimum absolute atomic E-state index is 0.0203. The Morgan fingerprint density at radius 2 is 1.79 bits per heavy atom. The van der Waals surface area contributed by atoms with Crippen molar-refractivity contribution < 1.29 is 9.18 Å². The molecule has 0 aliphatic heterocycles. The predicted molar refractivity (Wildman–Crippen MR) is 111 cm³/mol. The molecule has 0 fully saturated rings. The van der Waals surface area contributed by atoms with Crippen molar-refractivity contribution in [3.8, 4) is 11.8 Å². The SMILES string of the molecule is Cc1ccc(NC(=O)/C(C#N)=C/c2c(C)nn(-c3ccc(F)cc3)c2C)cc1C. The highest BCUT2D eigenvalue weighted by Gasteiger charge is 2.16. The van der Waals surface area contributed by atoms with Gasteiger partial charge in [-0.3, -0.25) is 4.79 Å². The van der Waals surface area contributed by atoms with Gasteiger partial charge in [-0.05, 0) is 81.3 Å². The number of nitrogens with zero attached hydrogens (tertiary/aromatic N) is 3. The molecule has 29 heavy (non-hydrogen) atoms. The molecule has 3 aromatic rings. The first-order chi connectivity index (χ1) is 13.8. The summed E-state index contributed by atoms with van der Waals surface area (Å²) in [5.74, 6) is -0.811. The van der Waals surface area contributed by atoms with Crippen LogP contribution in [0.4, 0.5) is 10.1 Å². The van der Waals surface area contributed by atoms with E-state index in [1.807, 2.05) is 39.0 Å². The van der Waals surface area contributed by atoms with Crippen molar-refractivity contribution in [2.75, 3.05) is 5.32 Å². The van der Waals surface area contributed by atoms with Gasteiger partial charge in [0.25, 0.3) is 5.91 Å². The highest BCUT2D eigenvalue weighted by Crippen LogP contribution is 2.22. The predicted octanol–water partition coefficient (Wildman–Crippen LogP) is 4.79. The van der Waals surface area contributed by atoms with E-state index in [0.717, 1.165) is 16.8 Å². The van der Waals surface area contributed by atoms with E-state index in [-0.39, 0.29) is 11.4 Å². The van der Waals surface area contributed by atoms with Crippen molar-refractivity contribution in [3.05, 3.63) is 81.9 Å². The van der Waals surface area contributed by atoms with Crippen molar-refractivity contribution in [3.63, 3.8) is 0 Å². The zero-order chi connectivity index (χ0) is 21.1. The zero-order valence-corrected chi connectivity index (χ0v) is 16.7. The number of aromatic nitrogens is 2. The number of benzene rings is 2. The second kappa shape index (κ2) is 8.11. The maximum atomic E-state index is 13.2. The summed E-state index contributed by atoms with van der Waals surface area (Å²) >= 11 is 0. The lowest BCUT2D eigenvalue weighted by atomic mass is 10.1. The minimum Gasteiger partial charge on any atom is -0.321 e. The number of rotatable bonds is 4. The molecule has 0 unspecified atom stereocenters. The third-order valence-corrected chi connectivity index (χ3v) is 4.84. The number of hydrogen-bond donors (Lipinski definition) is 1. The van der Waals surface area contributed by atoms with Crippen LogP contribution in [0.5, 0.6) is 0 Å². The third-order valence-electron chi connectivity index (χ3n) is 4.84. The minimum atomic E-state index is -0.482. The Morgan fingerprint density at radius 1 is 1.10 bits per heavy atom. The van der Waals surface area contributed by atoms with Crippen LogP contribution < -0.4 is 5.32 Å². The number of aryl methyl sites for hydroxylation is 3. The van der Waals surface area contributed by atoms with E-state index in [1.54, 1.807) is 29.8 Å². The molecule has 1 N–H and O–H groups in total. The summed E-state index contributed by atoms with van der Waals surface area (Å²) in [4.78, 5) is 12.6. The molecular weight excluding hydrogens is 367 g/mol. The van der Waals surface area contributed by atoms with E-state index in [1.165, 1.54) is 18.2 Å². The summed E-state index contributed by atoms with van der Waals surface area (Å²) in [6.07, 6.45) is 1.54. The Morgan fingerprint density at radius 3 is 2.41 bits per heavy atom. The molecule has 0 aliphatic carbocycles. The van der Waals surface area contributed by atoms with Crippen LogP contribution in [0.15, 0.2) is 48.0 Å². The first-order valence-corrected chi connectivity index (χ1v) is 9.12. The van der Waals surface area contributed by atoms with Gasteiger partial charge < -0.3 is 5.32 Å². The zero-order valence-electron chi connectivity index (χ0n) is 16.7. The lowest BCUT2D eigenvalue weighted by molar-refractivity contribution is -0.112. The highest BCUT2D eigenvalue weighted by atomic mass is 19.1. The summed E-state index contributed by atoms with van der Waals surface area (Å²) in [5, 5.41) is 16.8. The molecule has 2 aromatic carbocycles. The average molecular weight is 388 g/mol. The number of amides is 1. The molecule has 5 nitrogen and oxygen atoms in total. The van der Waals surface area contributed by atoms with Gasteiger partial charge in [0.05, 0.1) is 11.4 Å². The Labute approximate surface area is 169 Å². The van der Waals surface area contributed by atoms with E-state index in [2.05, 4.69) is 10.4 Å². The topological polar surface area (TPSA) is 70.7 Å². The molecule has 0 saturated heterocycles. The Balaban J connectivity index is 1.92. The van der Waals surface area contributed by atoms with Crippen molar-refractivity contribution in [2.45, 2.75) is 27.7 Å². The highest BCUT2D eigenvalue weighted by molar-refractivity contribution is 6.09. The summed E-state index contributed by atoms with van der Waals surface area (Å²) in [6, 6.07) is 13.5. The second-order valence-electron chi connectivity index (χ2n) is 6.90. The van der Waals surface area contributed by atoms with Gasteiger partial charge >= 0.3 is 0 Å². The van der Waals surface area contributed by atoms with E-state index < -0.39 is 5.91 Å². The Bertz CT molecular complexity index is 1150. The molecule has 146 valence electrons. The van der Waals surface area contributed by atoms with Crippen LogP contribution in [0, 0.1) is 44.8 Å². The Hall–Kier alpha value is -3.72. The number of carbonyl (C=O) groups excluding carboxylic acids is 1. The van der Waals surface area contributed by atoms with Crippen molar-refractivity contribution in [1.29, 1.82) is 5.26 Å². The molecule has 0 radical (unpaired) electrons. The molecule has 0 spiro atoms. The fourth-order valence-electron chi connectivity index (χ4n) is 3.01. The fraction of sp³-hybridized carbons (Fsp3) is 0.174. The molecule has 0 aliphatic rings. The monoisotopic (exact) mass is 388 g/mol. The molecule has 1 amide bonds. The number of hydrogen-bond acceptors (Lipinski definition) is 3. The molecule has 0 saturated carbocycles. The van der Waals surface area contributed by atoms with Gasteiger partial charge in [-0.1, -0.05) is 6.07 Å². The lowest BCUT2D eigenvalue weighted by Crippen LogP contribution is -2.13. The first kappa shape index (κ1) is 20.0. The Kier molecular flexibility index (Phi) is 5.60. The van der Waals surface area contributed by atoms with Crippen LogP contribution in [0.3, 0.4) is 0 Å². The van der Waals surface area contributed by atoms with Gasteiger partial charge in [0, 0.05) is 16.9 Å². The van der Waals surface area contributed by atoms with Crippen molar-refractivity contribution >= 4 is 17.7 Å². The number of nitriles is 1. The lowest BCUT2D eigenvalue weighted by Gasteiger charge is -2.07. The van der Waals surface area contributed by atoms with Crippen LogP contribution in [0.1, 0.15) is 28.1 Å². The van der Waals surface area contributed by atoms with Crippen LogP contribution in [0.2, 0.25) is 0 Å². The largest absolute Gasteiger partial charge is 0.321 e. The molecular formula is C23H21FN4O. The number of anilines is 1. The second-order valence-corrected chi connectivity index (χ2v) is 6.90. The molecule has 3 rings (SSSR count). The molecule has 1 aromatic heterocycles. The van der Waals surface area contributed by atoms with Crippen LogP contribution in [-0.4, -0.2) is 15.7 Å². The normalized spacial score (nSPS) is 11.2. The summed E-state index contributed by atoms with van der Waals surface area (Å²) in [6.45, 7) is 7.59. The average Bonchev–Trinajstić information content (AvgIpc) is 2.97. The molecule has 1 heterocycles. The van der Waals surface area contributed by atoms with E-state index in [9.17, 15) is 14.4 Å². The van der Waals surface area contributed by atoms with E-state index in [0.29, 0.717) is 22.6 Å². The van der Waals surface area contributed by atoms with Gasteiger partial charge in [-0.2, -0.15) is 10.4 Å². The fourth-order valence-corrected chi connectivity index (χ4v) is 3.01. The molecule has 0 bridgehead atoms. The first-order valence-electron chi connectivity index (χ1n) is 9.12. The van der Waals surface area contributed by atoms with Gasteiger partial charge in [0.1, 0.15) is 17.5 Å². The van der Waals surface area contributed by atoms with E-state index in [4.69, 9.17) is 0 Å². The van der Waals surface area contributed by atoms with Gasteiger partial charge in [0.15, 0.2) is 0 Å². The standard InChI is InChI=1S/C23H21FN4O/c1-14-5-8-20(11-15(14)2)26-23(29)18(13-25)12-22-16(3)27-28(17(22)4)21-9-6-19(24)7-10-21/h5-12H,1-4H3,(H,26,29)/b18-12+. The van der Waals surface area contributed by atoms with Crippen molar-refractivity contribution in [1.82, 2.24) is 9.78 Å². The number of nitrogens with one attached hydrogen (secondary N) is 1. The summed E-state index contributed by atoms with van der Waals surface area (Å²) in [5.41, 5.74) is 5.59. The van der Waals surface area contributed by atoms with Crippen molar-refractivity contribution in [2.24, 2.45) is 0 Å². The summed E-state index contributed by atoms with van der Waals surface area (Å²) in [7, 11) is 0. The maximum absolute atomic E-state index is 13.2.